The third-order valence-corrected chi connectivity index (χ3v) is 11.1. The van der Waals surface area contributed by atoms with Crippen LogP contribution >= 0.6 is 15.3 Å². The van der Waals surface area contributed by atoms with Crippen molar-refractivity contribution in [3.8, 4) is 0 Å². The number of benzene rings is 1. The minimum Gasteiger partial charge on any atom is -0.120 e. The van der Waals surface area contributed by atoms with Crippen LogP contribution in [-0.4, -0.2) is 6.69 Å². The Kier molecular flexibility index (Phi) is 7.92. The quantitative estimate of drug-likeness (QED) is 0.314. The number of hydrogen-bond acceptors (Lipinski definition) is 0. The van der Waals surface area contributed by atoms with Crippen LogP contribution in [-0.2, 0) is 0 Å². The molecule has 102 valence electrons. The van der Waals surface area contributed by atoms with E-state index in [1.54, 1.807) is 5.19 Å². The maximum atomic E-state index is 4.19. The van der Waals surface area contributed by atoms with Crippen LogP contribution < -0.4 is 5.19 Å². The van der Waals surface area contributed by atoms with E-state index in [0.717, 1.165) is 0 Å². The van der Waals surface area contributed by atoms with E-state index in [4.69, 9.17) is 0 Å². The molecule has 0 N–H and O–H groups in total. The molecule has 0 aliphatic carbocycles. The van der Waals surface area contributed by atoms with Crippen molar-refractivity contribution in [2.45, 2.75) is 64.5 Å². The van der Waals surface area contributed by atoms with Gasteiger partial charge < -0.3 is 0 Å². The summed E-state index contributed by atoms with van der Waals surface area (Å²) in [6.07, 6.45) is 8.18. The Labute approximate surface area is 122 Å². The Morgan fingerprint density at radius 2 is 1.44 bits per heavy atom. The number of hydrogen-bond donors (Lipinski definition) is 0. The van der Waals surface area contributed by atoms with E-state index in [0.29, 0.717) is 0 Å². The van der Waals surface area contributed by atoms with Crippen molar-refractivity contribution in [3.63, 3.8) is 0 Å². The molecule has 0 saturated carbocycles. The van der Waals surface area contributed by atoms with Crippen LogP contribution in [0.5, 0.6) is 0 Å². The van der Waals surface area contributed by atoms with E-state index in [-0.39, 0.29) is 0 Å². The summed E-state index contributed by atoms with van der Waals surface area (Å²) in [5, 5.41) is 1.59. The summed E-state index contributed by atoms with van der Waals surface area (Å²) in [5.74, 6) is 0. The van der Waals surface area contributed by atoms with Gasteiger partial charge in [-0.2, -0.15) is 0 Å². The van der Waals surface area contributed by atoms with Crippen LogP contribution in [0.25, 0.3) is 0 Å². The molecule has 0 aliphatic heterocycles. The molecule has 0 heterocycles. The van der Waals surface area contributed by atoms with Crippen molar-refractivity contribution in [3.05, 3.63) is 30.3 Å². The highest BCUT2D eigenvalue weighted by molar-refractivity contribution is 9.26. The molecule has 2 heteroatoms. The molecule has 0 aromatic heterocycles. The largest absolute Gasteiger partial charge is 0.160 e. The molecule has 0 nitrogen and oxygen atoms in total. The van der Waals surface area contributed by atoms with E-state index in [2.05, 4.69) is 59.5 Å². The zero-order chi connectivity index (χ0) is 13.3. The average molecular weight is 327 g/mol. The normalized spacial score (nSPS) is 14.4. The summed E-state index contributed by atoms with van der Waals surface area (Å²) < 4.78 is 0. The summed E-state index contributed by atoms with van der Waals surface area (Å²) in [7, 11) is 0. The Hall–Kier alpha value is -0.0831. The van der Waals surface area contributed by atoms with Crippen LogP contribution in [0, 0.1) is 0 Å². The molecule has 0 fully saturated rings. The van der Waals surface area contributed by atoms with Crippen molar-refractivity contribution >= 4 is 27.2 Å². The van der Waals surface area contributed by atoms with Gasteiger partial charge >= 0.3 is 0 Å². The maximum absolute atomic E-state index is 4.19. The summed E-state index contributed by atoms with van der Waals surface area (Å²) in [4.78, 5) is 0. The molecule has 1 aromatic carbocycles. The van der Waals surface area contributed by atoms with Gasteiger partial charge in [0.2, 0.25) is 0 Å². The van der Waals surface area contributed by atoms with Gasteiger partial charge in [-0.25, -0.2) is 0 Å². The van der Waals surface area contributed by atoms with Crippen molar-refractivity contribution in [1.82, 2.24) is 0 Å². The van der Waals surface area contributed by atoms with E-state index in [1.807, 2.05) is 0 Å². The molecule has 1 unspecified atom stereocenters. The molecule has 18 heavy (non-hydrogen) atoms. The van der Waals surface area contributed by atoms with Gasteiger partial charge in [-0.15, -0.1) is 15.3 Å². The zero-order valence-electron chi connectivity index (χ0n) is 11.9. The van der Waals surface area contributed by atoms with Crippen LogP contribution in [0.2, 0.25) is 12.1 Å². The van der Waals surface area contributed by atoms with Gasteiger partial charge in [-0.1, -0.05) is 82.7 Å². The lowest BCUT2D eigenvalue weighted by atomic mass is 10.2. The summed E-state index contributed by atoms with van der Waals surface area (Å²) in [5.41, 5.74) is 0. The van der Waals surface area contributed by atoms with Gasteiger partial charge in [0, 0.05) is 0 Å². The molecule has 0 radical (unpaired) electrons. The Bertz CT molecular complexity index is 312. The number of halogens is 1. The second-order valence-electron chi connectivity index (χ2n) is 5.25. The SMILES string of the molecule is CCCCCC[Si](Br)(CCCC)c1ccccc1. The molecule has 0 aliphatic rings. The zero-order valence-corrected chi connectivity index (χ0v) is 14.5. The first-order valence-electron chi connectivity index (χ1n) is 7.47. The van der Waals surface area contributed by atoms with Crippen molar-refractivity contribution in [2.75, 3.05) is 0 Å². The second-order valence-corrected chi connectivity index (χ2v) is 13.3. The van der Waals surface area contributed by atoms with Crippen LogP contribution in [0.15, 0.2) is 30.3 Å². The van der Waals surface area contributed by atoms with Crippen LogP contribution in [0.3, 0.4) is 0 Å². The molecular formula is C16H27BrSi. The van der Waals surface area contributed by atoms with Gasteiger partial charge in [-0.3, -0.25) is 0 Å². The van der Waals surface area contributed by atoms with Gasteiger partial charge in [-0.05, 0) is 17.3 Å². The highest BCUT2D eigenvalue weighted by Crippen LogP contribution is 2.28. The first-order chi connectivity index (χ1) is 8.73. The van der Waals surface area contributed by atoms with E-state index < -0.39 is 6.69 Å². The van der Waals surface area contributed by atoms with Crippen molar-refractivity contribution in [1.29, 1.82) is 0 Å². The lowest BCUT2D eigenvalue weighted by molar-refractivity contribution is 0.697. The predicted octanol–water partition coefficient (Wildman–Crippen LogP) is 5.61. The smallest absolute Gasteiger partial charge is 0.120 e. The van der Waals surface area contributed by atoms with Crippen molar-refractivity contribution in [2.24, 2.45) is 0 Å². The van der Waals surface area contributed by atoms with Crippen LogP contribution in [0.1, 0.15) is 52.4 Å². The fourth-order valence-corrected chi connectivity index (χ4v) is 8.26. The minimum atomic E-state index is -1.38. The van der Waals surface area contributed by atoms with E-state index in [1.165, 1.54) is 50.6 Å². The number of rotatable bonds is 9. The Balaban J connectivity index is 2.63. The third-order valence-electron chi connectivity index (χ3n) is 3.64. The van der Waals surface area contributed by atoms with Gasteiger partial charge in [0.15, 0.2) is 6.69 Å². The Morgan fingerprint density at radius 3 is 2.06 bits per heavy atom. The summed E-state index contributed by atoms with van der Waals surface area (Å²) in [6, 6.07) is 14.0. The molecule has 0 bridgehead atoms. The maximum Gasteiger partial charge on any atom is 0.160 e. The minimum absolute atomic E-state index is 1.31. The highest BCUT2D eigenvalue weighted by Gasteiger charge is 2.30. The molecular weight excluding hydrogens is 300 g/mol. The number of unbranched alkanes of at least 4 members (excludes halogenated alkanes) is 4. The topological polar surface area (TPSA) is 0 Å². The second kappa shape index (κ2) is 8.92. The standard InChI is InChI=1S/C16H27BrSi/c1-3-5-7-11-15-18(17,14-6-4-2)16-12-9-8-10-13-16/h8-10,12-13H,3-7,11,14-15H2,1-2H3. The van der Waals surface area contributed by atoms with Crippen molar-refractivity contribution < 1.29 is 0 Å². The fourth-order valence-electron chi connectivity index (χ4n) is 2.44. The molecule has 1 aromatic rings. The molecule has 0 spiro atoms. The molecule has 0 amide bonds. The molecule has 0 saturated heterocycles. The van der Waals surface area contributed by atoms with Gasteiger partial charge in [0.05, 0.1) is 0 Å². The van der Waals surface area contributed by atoms with E-state index >= 15 is 0 Å². The first kappa shape index (κ1) is 16.0. The summed E-state index contributed by atoms with van der Waals surface area (Å²) >= 11 is 4.19. The van der Waals surface area contributed by atoms with Gasteiger partial charge in [0.25, 0.3) is 0 Å². The van der Waals surface area contributed by atoms with Gasteiger partial charge in [0.1, 0.15) is 0 Å². The Morgan fingerprint density at radius 1 is 0.833 bits per heavy atom. The third kappa shape index (κ3) is 5.27. The highest BCUT2D eigenvalue weighted by atomic mass is 79.9. The monoisotopic (exact) mass is 326 g/mol. The van der Waals surface area contributed by atoms with Crippen LogP contribution in [0.4, 0.5) is 0 Å². The predicted molar refractivity (Wildman–Crippen MR) is 89.4 cm³/mol. The molecule has 1 rings (SSSR count). The fraction of sp³-hybridized carbons (Fsp3) is 0.625. The first-order valence-corrected chi connectivity index (χ1v) is 12.1. The van der Waals surface area contributed by atoms with E-state index in [9.17, 15) is 0 Å². The lowest BCUT2D eigenvalue weighted by Gasteiger charge is -2.25. The molecule has 1 atom stereocenters. The summed E-state index contributed by atoms with van der Waals surface area (Å²) in [6.45, 7) is 3.20. The lowest BCUT2D eigenvalue weighted by Crippen LogP contribution is -2.41. The average Bonchev–Trinajstić information content (AvgIpc) is 2.42.